The predicted octanol–water partition coefficient (Wildman–Crippen LogP) is 2.46. The zero-order valence-electron chi connectivity index (χ0n) is 12.4. The summed E-state index contributed by atoms with van der Waals surface area (Å²) in [7, 11) is 3.22. The molecule has 0 saturated heterocycles. The van der Waals surface area contributed by atoms with Gasteiger partial charge in [-0.05, 0) is 25.5 Å². The van der Waals surface area contributed by atoms with Gasteiger partial charge in [0.1, 0.15) is 17.2 Å². The Balaban J connectivity index is 3.30. The topological polar surface area (TPSA) is 46.6 Å². The second kappa shape index (κ2) is 6.97. The second-order valence-electron chi connectivity index (χ2n) is 4.64. The molecule has 0 radical (unpaired) electrons. The van der Waals surface area contributed by atoms with Crippen LogP contribution in [0.5, 0.6) is 0 Å². The van der Waals surface area contributed by atoms with E-state index in [1.807, 2.05) is 0 Å². The molecule has 0 unspecified atom stereocenters. The number of benzene rings is 1. The summed E-state index contributed by atoms with van der Waals surface area (Å²) in [6, 6.07) is 1.71. The van der Waals surface area contributed by atoms with E-state index < -0.39 is 23.4 Å². The van der Waals surface area contributed by atoms with E-state index in [0.29, 0.717) is 6.07 Å². The number of esters is 1. The van der Waals surface area contributed by atoms with Gasteiger partial charge in [-0.1, -0.05) is 0 Å². The van der Waals surface area contributed by atoms with E-state index in [-0.39, 0.29) is 23.3 Å². The molecule has 0 bridgehead atoms. The Morgan fingerprint density at radius 3 is 2.38 bits per heavy atom. The van der Waals surface area contributed by atoms with Crippen LogP contribution in [0.1, 0.15) is 22.8 Å². The fourth-order valence-corrected chi connectivity index (χ4v) is 1.65. The van der Waals surface area contributed by atoms with Crippen LogP contribution in [0.4, 0.5) is 8.78 Å². The lowest BCUT2D eigenvalue weighted by molar-refractivity contribution is -0.138. The lowest BCUT2D eigenvalue weighted by Crippen LogP contribution is -2.20. The number of aryl methyl sites for hydroxylation is 1. The number of ether oxygens (including phenoxy) is 1. The van der Waals surface area contributed by atoms with E-state index in [9.17, 15) is 18.4 Å². The highest BCUT2D eigenvalue weighted by molar-refractivity contribution is 6.24. The minimum absolute atomic E-state index is 0.0851. The molecule has 114 valence electrons. The highest BCUT2D eigenvalue weighted by Crippen LogP contribution is 2.18. The van der Waals surface area contributed by atoms with Gasteiger partial charge in [-0.15, -0.1) is 0 Å². The van der Waals surface area contributed by atoms with Crippen molar-refractivity contribution < 1.29 is 23.1 Å². The van der Waals surface area contributed by atoms with E-state index in [2.05, 4.69) is 0 Å². The molecule has 6 heteroatoms. The second-order valence-corrected chi connectivity index (χ2v) is 4.64. The van der Waals surface area contributed by atoms with Crippen LogP contribution >= 0.6 is 0 Å². The SMILES string of the molecule is CCOC(=O)C(=CN(C)C)C(=O)c1cc(C)c(F)cc1F. The summed E-state index contributed by atoms with van der Waals surface area (Å²) in [5.74, 6) is -3.46. The summed E-state index contributed by atoms with van der Waals surface area (Å²) in [5, 5.41) is 0. The van der Waals surface area contributed by atoms with Crippen molar-refractivity contribution in [2.75, 3.05) is 20.7 Å². The van der Waals surface area contributed by atoms with Crippen LogP contribution in [-0.4, -0.2) is 37.4 Å². The molecule has 0 aliphatic carbocycles. The Morgan fingerprint density at radius 2 is 1.86 bits per heavy atom. The Hall–Kier alpha value is -2.24. The van der Waals surface area contributed by atoms with E-state index in [1.54, 1.807) is 21.0 Å². The third kappa shape index (κ3) is 4.11. The molecule has 0 amide bonds. The fraction of sp³-hybridized carbons (Fsp3) is 0.333. The molecule has 1 aromatic carbocycles. The minimum atomic E-state index is -1.02. The first-order chi connectivity index (χ1) is 9.77. The highest BCUT2D eigenvalue weighted by Gasteiger charge is 2.25. The molecule has 0 fully saturated rings. The van der Waals surface area contributed by atoms with Crippen LogP contribution in [0.25, 0.3) is 0 Å². The highest BCUT2D eigenvalue weighted by atomic mass is 19.1. The summed E-state index contributed by atoms with van der Waals surface area (Å²) in [4.78, 5) is 25.6. The molecular formula is C15H17F2NO3. The van der Waals surface area contributed by atoms with Crippen molar-refractivity contribution >= 4 is 11.8 Å². The van der Waals surface area contributed by atoms with Crippen LogP contribution in [-0.2, 0) is 9.53 Å². The van der Waals surface area contributed by atoms with Crippen molar-refractivity contribution in [3.8, 4) is 0 Å². The predicted molar refractivity (Wildman–Crippen MR) is 73.8 cm³/mol. The maximum absolute atomic E-state index is 13.8. The fourth-order valence-electron chi connectivity index (χ4n) is 1.65. The van der Waals surface area contributed by atoms with Crippen molar-refractivity contribution in [3.05, 3.63) is 46.7 Å². The number of hydrogen-bond acceptors (Lipinski definition) is 4. The number of nitrogens with zero attached hydrogens (tertiary/aromatic N) is 1. The molecular weight excluding hydrogens is 280 g/mol. The average molecular weight is 297 g/mol. The van der Waals surface area contributed by atoms with Crippen molar-refractivity contribution in [1.82, 2.24) is 4.90 Å². The number of ketones is 1. The first-order valence-electron chi connectivity index (χ1n) is 6.33. The van der Waals surface area contributed by atoms with Gasteiger partial charge in [0.15, 0.2) is 0 Å². The Kier molecular flexibility index (Phi) is 5.58. The summed E-state index contributed by atoms with van der Waals surface area (Å²) >= 11 is 0. The number of carbonyl (C=O) groups excluding carboxylic acids is 2. The van der Waals surface area contributed by atoms with Crippen LogP contribution in [0.2, 0.25) is 0 Å². The van der Waals surface area contributed by atoms with Gasteiger partial charge in [0.05, 0.1) is 12.2 Å². The minimum Gasteiger partial charge on any atom is -0.462 e. The number of carbonyl (C=O) groups is 2. The van der Waals surface area contributed by atoms with Crippen molar-refractivity contribution in [2.45, 2.75) is 13.8 Å². The molecule has 0 spiro atoms. The summed E-state index contributed by atoms with van der Waals surface area (Å²) in [6.45, 7) is 3.09. The third-order valence-corrected chi connectivity index (χ3v) is 2.62. The van der Waals surface area contributed by atoms with Gasteiger partial charge in [-0.25, -0.2) is 13.6 Å². The summed E-state index contributed by atoms with van der Waals surface area (Å²) in [5.41, 5.74) is -0.561. The summed E-state index contributed by atoms with van der Waals surface area (Å²) in [6.07, 6.45) is 1.25. The van der Waals surface area contributed by atoms with Crippen LogP contribution in [0.3, 0.4) is 0 Å². The molecule has 0 heterocycles. The molecule has 0 N–H and O–H groups in total. The smallest absolute Gasteiger partial charge is 0.343 e. The lowest BCUT2D eigenvalue weighted by Gasteiger charge is -2.11. The van der Waals surface area contributed by atoms with Crippen LogP contribution in [0.15, 0.2) is 23.9 Å². The summed E-state index contributed by atoms with van der Waals surface area (Å²) < 4.78 is 31.8. The zero-order valence-corrected chi connectivity index (χ0v) is 12.4. The number of Topliss-reactive ketones (excluding diaryl/α,β-unsaturated/α-hetero) is 1. The standard InChI is InChI=1S/C15H17F2NO3/c1-5-21-15(20)11(8-18(3)4)14(19)10-6-9(2)12(16)7-13(10)17/h6-8H,5H2,1-4H3. The maximum Gasteiger partial charge on any atom is 0.343 e. The van der Waals surface area contributed by atoms with Gasteiger partial charge in [0.25, 0.3) is 0 Å². The first kappa shape index (κ1) is 16.8. The molecule has 0 saturated carbocycles. The average Bonchev–Trinajstić information content (AvgIpc) is 2.39. The normalized spacial score (nSPS) is 11.2. The lowest BCUT2D eigenvalue weighted by atomic mass is 10.0. The van der Waals surface area contributed by atoms with Crippen molar-refractivity contribution in [1.29, 1.82) is 0 Å². The largest absolute Gasteiger partial charge is 0.462 e. The first-order valence-corrected chi connectivity index (χ1v) is 6.33. The van der Waals surface area contributed by atoms with Crippen molar-refractivity contribution in [3.63, 3.8) is 0 Å². The Labute approximate surface area is 122 Å². The Bertz CT molecular complexity index is 595. The third-order valence-electron chi connectivity index (χ3n) is 2.62. The quantitative estimate of drug-likeness (QED) is 0.275. The van der Waals surface area contributed by atoms with Gasteiger partial charge in [0, 0.05) is 26.4 Å². The molecule has 1 rings (SSSR count). The van der Waals surface area contributed by atoms with Gasteiger partial charge in [-0.2, -0.15) is 0 Å². The van der Waals surface area contributed by atoms with E-state index >= 15 is 0 Å². The van der Waals surface area contributed by atoms with E-state index in [4.69, 9.17) is 4.74 Å². The zero-order chi connectivity index (χ0) is 16.2. The molecule has 1 aromatic rings. The van der Waals surface area contributed by atoms with Gasteiger partial charge in [0.2, 0.25) is 5.78 Å². The molecule has 0 atom stereocenters. The van der Waals surface area contributed by atoms with E-state index in [0.717, 1.165) is 6.07 Å². The molecule has 0 aromatic heterocycles. The van der Waals surface area contributed by atoms with Crippen LogP contribution < -0.4 is 0 Å². The molecule has 0 aliphatic heterocycles. The molecule has 4 nitrogen and oxygen atoms in total. The monoisotopic (exact) mass is 297 g/mol. The van der Waals surface area contributed by atoms with Crippen molar-refractivity contribution in [2.24, 2.45) is 0 Å². The molecule has 0 aliphatic rings. The number of halogens is 2. The number of rotatable bonds is 5. The van der Waals surface area contributed by atoms with Crippen LogP contribution in [0, 0.1) is 18.6 Å². The van der Waals surface area contributed by atoms with Gasteiger partial charge >= 0.3 is 5.97 Å². The van der Waals surface area contributed by atoms with Gasteiger partial charge < -0.3 is 9.64 Å². The number of hydrogen-bond donors (Lipinski definition) is 0. The van der Waals surface area contributed by atoms with Gasteiger partial charge in [-0.3, -0.25) is 4.79 Å². The Morgan fingerprint density at radius 1 is 1.24 bits per heavy atom. The van der Waals surface area contributed by atoms with E-state index in [1.165, 1.54) is 18.0 Å². The molecule has 21 heavy (non-hydrogen) atoms. The maximum atomic E-state index is 13.8.